The van der Waals surface area contributed by atoms with Crippen molar-refractivity contribution in [1.29, 1.82) is 0 Å². The summed E-state index contributed by atoms with van der Waals surface area (Å²) in [6.07, 6.45) is -0.452. The van der Waals surface area contributed by atoms with Crippen molar-refractivity contribution >= 4 is 24.8 Å². The summed E-state index contributed by atoms with van der Waals surface area (Å²) in [6.45, 7) is 7.46. The van der Waals surface area contributed by atoms with Crippen LogP contribution in [0.1, 0.15) is 39.7 Å². The predicted octanol–water partition coefficient (Wildman–Crippen LogP) is 4.02. The van der Waals surface area contributed by atoms with Crippen molar-refractivity contribution in [3.8, 4) is 28.4 Å². The van der Waals surface area contributed by atoms with Gasteiger partial charge in [0.2, 0.25) is 17.6 Å². The van der Waals surface area contributed by atoms with Gasteiger partial charge in [0, 0.05) is 17.7 Å². The van der Waals surface area contributed by atoms with E-state index < -0.39 is 37.4 Å². The number of nitrogens with one attached hydrogen (secondary N) is 3. The van der Waals surface area contributed by atoms with Crippen molar-refractivity contribution < 1.29 is 38.5 Å². The maximum atomic E-state index is 14.1. The molecule has 12 heteroatoms. The zero-order valence-electron chi connectivity index (χ0n) is 27.6. The van der Waals surface area contributed by atoms with Crippen LogP contribution < -0.4 is 30.2 Å². The lowest BCUT2D eigenvalue weighted by Gasteiger charge is -2.29. The Balaban J connectivity index is 1.96. The van der Waals surface area contributed by atoms with Gasteiger partial charge >= 0.3 is 7.32 Å². The number of ether oxygens (including phenoxy) is 3. The second-order valence-electron chi connectivity index (χ2n) is 11.7. The Morgan fingerprint density at radius 3 is 2.04 bits per heavy atom. The summed E-state index contributed by atoms with van der Waals surface area (Å²) < 4.78 is 21.8. The quantitative estimate of drug-likeness (QED) is 0.110. The molecule has 0 unspecified atom stereocenters. The van der Waals surface area contributed by atoms with E-state index in [0.29, 0.717) is 34.9 Å². The largest absolute Gasteiger partial charge is 0.635 e. The van der Waals surface area contributed by atoms with Crippen molar-refractivity contribution in [3.05, 3.63) is 72.3 Å². The first-order valence-electron chi connectivity index (χ1n) is 15.3. The SMILES string of the molecule is COc1ccc(C[C@H](Nc2cccc(-c3ccccc3)c2)C(=O)N[C@H](C(=O)N[C@@H](CC(C)C)OB(O)O)C(C)C)c(OC)c1OC. The van der Waals surface area contributed by atoms with Crippen molar-refractivity contribution in [2.75, 3.05) is 26.6 Å². The molecule has 0 aliphatic rings. The van der Waals surface area contributed by atoms with Crippen LogP contribution in [0.2, 0.25) is 0 Å². The van der Waals surface area contributed by atoms with E-state index in [9.17, 15) is 19.6 Å². The van der Waals surface area contributed by atoms with Gasteiger partial charge in [-0.25, -0.2) is 0 Å². The number of anilines is 1. The molecule has 0 fully saturated rings. The molecule has 0 radical (unpaired) electrons. The predicted molar refractivity (Wildman–Crippen MR) is 179 cm³/mol. The average Bonchev–Trinajstić information content (AvgIpc) is 3.02. The smallest absolute Gasteiger partial charge is 0.493 e. The molecule has 0 heterocycles. The van der Waals surface area contributed by atoms with Gasteiger partial charge in [-0.2, -0.15) is 0 Å². The molecule has 46 heavy (non-hydrogen) atoms. The van der Waals surface area contributed by atoms with Crippen LogP contribution in [0.5, 0.6) is 17.2 Å². The van der Waals surface area contributed by atoms with E-state index in [1.165, 1.54) is 21.3 Å². The highest BCUT2D eigenvalue weighted by Crippen LogP contribution is 2.40. The van der Waals surface area contributed by atoms with E-state index in [1.54, 1.807) is 6.07 Å². The van der Waals surface area contributed by atoms with E-state index in [0.717, 1.165) is 11.1 Å². The lowest BCUT2D eigenvalue weighted by atomic mass is 9.99. The minimum Gasteiger partial charge on any atom is -0.493 e. The van der Waals surface area contributed by atoms with E-state index in [-0.39, 0.29) is 18.3 Å². The van der Waals surface area contributed by atoms with Crippen LogP contribution in [0.3, 0.4) is 0 Å². The standard InChI is InChI=1S/C34H46BN3O8/c1-21(2)18-29(46-35(41)42)37-34(40)30(22(3)4)38-33(39)27(20-25-16-17-28(43-5)32(45-7)31(25)44-6)36-26-15-11-14-24(19-26)23-12-9-8-10-13-23/h8-17,19,21-22,27,29-30,36,41-42H,18,20H2,1-7H3,(H,37,40)(H,38,39)/t27-,29+,30-/m0/s1. The van der Waals surface area contributed by atoms with Crippen LogP contribution in [0.4, 0.5) is 5.69 Å². The second-order valence-corrected chi connectivity index (χ2v) is 11.7. The van der Waals surface area contributed by atoms with E-state index >= 15 is 0 Å². The number of carbonyl (C=O) groups is 2. The lowest BCUT2D eigenvalue weighted by Crippen LogP contribution is -2.56. The summed E-state index contributed by atoms with van der Waals surface area (Å²) in [6, 6.07) is 19.4. The second kappa shape index (κ2) is 17.4. The van der Waals surface area contributed by atoms with Crippen molar-refractivity contribution in [1.82, 2.24) is 10.6 Å². The molecule has 0 aromatic heterocycles. The Kier molecular flexibility index (Phi) is 13.7. The Labute approximate surface area is 271 Å². The molecule has 0 aliphatic carbocycles. The van der Waals surface area contributed by atoms with Crippen LogP contribution >= 0.6 is 0 Å². The third-order valence-corrected chi connectivity index (χ3v) is 7.36. The highest BCUT2D eigenvalue weighted by Gasteiger charge is 2.31. The number of hydrogen-bond donors (Lipinski definition) is 5. The first kappa shape index (κ1) is 36.2. The van der Waals surface area contributed by atoms with Gasteiger partial charge in [0.05, 0.1) is 21.3 Å². The Morgan fingerprint density at radius 1 is 0.783 bits per heavy atom. The first-order chi connectivity index (χ1) is 22.0. The van der Waals surface area contributed by atoms with Gasteiger partial charge in [-0.1, -0.05) is 76.2 Å². The summed E-state index contributed by atoms with van der Waals surface area (Å²) >= 11 is 0. The maximum absolute atomic E-state index is 14.1. The molecule has 3 rings (SSSR count). The third kappa shape index (κ3) is 10.1. The fourth-order valence-corrected chi connectivity index (χ4v) is 5.13. The molecule has 3 aromatic rings. The van der Waals surface area contributed by atoms with E-state index in [2.05, 4.69) is 16.0 Å². The van der Waals surface area contributed by atoms with Gasteiger partial charge in [-0.3, -0.25) is 9.59 Å². The average molecular weight is 636 g/mol. The van der Waals surface area contributed by atoms with Crippen molar-refractivity contribution in [2.45, 2.75) is 58.8 Å². The molecule has 11 nitrogen and oxygen atoms in total. The molecular weight excluding hydrogens is 589 g/mol. The van der Waals surface area contributed by atoms with E-state index in [4.69, 9.17) is 18.9 Å². The number of carbonyl (C=O) groups excluding carboxylic acids is 2. The van der Waals surface area contributed by atoms with Gasteiger partial charge in [-0.15, -0.1) is 0 Å². The highest BCUT2D eigenvalue weighted by atomic mass is 16.6. The normalized spacial score (nSPS) is 13.0. The molecule has 0 saturated heterocycles. The number of methoxy groups -OCH3 is 3. The number of benzene rings is 3. The van der Waals surface area contributed by atoms with Crippen LogP contribution in [-0.2, 0) is 20.7 Å². The van der Waals surface area contributed by atoms with Gasteiger partial charge < -0.3 is 44.9 Å². The molecule has 0 bridgehead atoms. The van der Waals surface area contributed by atoms with Gasteiger partial charge in [0.25, 0.3) is 0 Å². The number of amides is 2. The van der Waals surface area contributed by atoms with Crippen LogP contribution in [0.15, 0.2) is 66.7 Å². The number of hydrogen-bond acceptors (Lipinski definition) is 9. The fourth-order valence-electron chi connectivity index (χ4n) is 5.13. The summed E-state index contributed by atoms with van der Waals surface area (Å²) in [5.74, 6) is 0.148. The highest BCUT2D eigenvalue weighted by molar-refractivity contribution is 6.32. The van der Waals surface area contributed by atoms with Gasteiger partial charge in [-0.05, 0) is 47.6 Å². The van der Waals surface area contributed by atoms with E-state index in [1.807, 2.05) is 88.4 Å². The zero-order valence-corrected chi connectivity index (χ0v) is 27.6. The fraction of sp³-hybridized carbons (Fsp3) is 0.412. The molecule has 3 aromatic carbocycles. The van der Waals surface area contributed by atoms with Gasteiger partial charge in [0.15, 0.2) is 11.5 Å². The summed E-state index contributed by atoms with van der Waals surface area (Å²) in [5.41, 5.74) is 3.38. The minimum absolute atomic E-state index is 0.0906. The molecule has 0 aliphatic heterocycles. The van der Waals surface area contributed by atoms with Gasteiger partial charge in [0.1, 0.15) is 18.3 Å². The number of rotatable bonds is 17. The monoisotopic (exact) mass is 635 g/mol. The molecule has 0 saturated carbocycles. The summed E-state index contributed by atoms with van der Waals surface area (Å²) in [7, 11) is 2.50. The molecule has 2 amide bonds. The van der Waals surface area contributed by atoms with Crippen molar-refractivity contribution in [2.24, 2.45) is 11.8 Å². The molecule has 248 valence electrons. The zero-order chi connectivity index (χ0) is 33.8. The molecule has 5 N–H and O–H groups in total. The summed E-state index contributed by atoms with van der Waals surface area (Å²) in [4.78, 5) is 27.5. The Hall–Kier alpha value is -4.26. The minimum atomic E-state index is -2.06. The molecular formula is C34H46BN3O8. The topological polar surface area (TPSA) is 148 Å². The van der Waals surface area contributed by atoms with Crippen LogP contribution in [-0.4, -0.2) is 68.8 Å². The summed E-state index contributed by atoms with van der Waals surface area (Å²) in [5, 5.41) is 27.7. The molecule has 3 atom stereocenters. The third-order valence-electron chi connectivity index (χ3n) is 7.36. The van der Waals surface area contributed by atoms with Crippen LogP contribution in [0, 0.1) is 11.8 Å². The molecule has 0 spiro atoms. The Bertz CT molecular complexity index is 1410. The lowest BCUT2D eigenvalue weighted by molar-refractivity contribution is -0.132. The van der Waals surface area contributed by atoms with Crippen LogP contribution in [0.25, 0.3) is 11.1 Å². The maximum Gasteiger partial charge on any atom is 0.635 e. The Morgan fingerprint density at radius 2 is 1.46 bits per heavy atom. The first-order valence-corrected chi connectivity index (χ1v) is 15.3. The van der Waals surface area contributed by atoms with Crippen molar-refractivity contribution in [3.63, 3.8) is 0 Å².